The van der Waals surface area contributed by atoms with Crippen LogP contribution in [0, 0.1) is 0 Å². The summed E-state index contributed by atoms with van der Waals surface area (Å²) < 4.78 is 5.71. The molecule has 128 valence electrons. The molecule has 0 heterocycles. The molecular formula is C20H24ClNO2. The van der Waals surface area contributed by atoms with E-state index in [9.17, 15) is 4.79 Å². The van der Waals surface area contributed by atoms with E-state index in [1.165, 1.54) is 25.7 Å². The van der Waals surface area contributed by atoms with E-state index in [0.717, 1.165) is 18.8 Å². The van der Waals surface area contributed by atoms with Crippen LogP contribution in [-0.2, 0) is 0 Å². The Morgan fingerprint density at radius 2 is 1.79 bits per heavy atom. The number of benzene rings is 2. The summed E-state index contributed by atoms with van der Waals surface area (Å²) in [4.78, 5) is 12.2. The van der Waals surface area contributed by atoms with Crippen molar-refractivity contribution in [2.45, 2.75) is 39.0 Å². The number of amides is 1. The average molecular weight is 346 g/mol. The minimum absolute atomic E-state index is 0.164. The van der Waals surface area contributed by atoms with Gasteiger partial charge < -0.3 is 10.1 Å². The Balaban J connectivity index is 1.79. The lowest BCUT2D eigenvalue weighted by Crippen LogP contribution is -2.11. The van der Waals surface area contributed by atoms with Crippen LogP contribution in [0.1, 0.15) is 49.4 Å². The van der Waals surface area contributed by atoms with Gasteiger partial charge >= 0.3 is 0 Å². The van der Waals surface area contributed by atoms with Crippen molar-refractivity contribution >= 4 is 23.2 Å². The van der Waals surface area contributed by atoms with Crippen molar-refractivity contribution < 1.29 is 9.53 Å². The second-order valence-electron chi connectivity index (χ2n) is 5.75. The lowest BCUT2D eigenvalue weighted by Gasteiger charge is -2.08. The number of nitrogens with one attached hydrogen (secondary N) is 1. The number of unbranched alkanes of at least 4 members (excludes halogenated alkanes) is 4. The van der Waals surface area contributed by atoms with E-state index in [1.54, 1.807) is 36.4 Å². The molecular weight excluding hydrogens is 322 g/mol. The standard InChI is InChI=1S/C20H24ClNO2/c1-2-3-4-5-6-14-24-19-12-10-16(11-13-19)20(23)22-18-9-7-8-17(21)15-18/h7-13,15H,2-6,14H2,1H3,(H,22,23). The van der Waals surface area contributed by atoms with Crippen LogP contribution in [0.5, 0.6) is 5.75 Å². The van der Waals surface area contributed by atoms with E-state index in [-0.39, 0.29) is 5.91 Å². The average Bonchev–Trinajstić information content (AvgIpc) is 2.58. The molecule has 0 aromatic heterocycles. The Hall–Kier alpha value is -2.00. The van der Waals surface area contributed by atoms with Crippen LogP contribution in [0.2, 0.25) is 5.02 Å². The number of carbonyl (C=O) groups is 1. The number of rotatable bonds is 9. The third-order valence-electron chi connectivity index (χ3n) is 3.72. The number of ether oxygens (including phenoxy) is 1. The van der Waals surface area contributed by atoms with Crippen LogP contribution < -0.4 is 10.1 Å². The summed E-state index contributed by atoms with van der Waals surface area (Å²) in [6.07, 6.45) is 6.07. The Bertz CT molecular complexity index is 640. The molecule has 2 aromatic carbocycles. The molecule has 0 atom stereocenters. The molecule has 0 aliphatic heterocycles. The van der Waals surface area contributed by atoms with Gasteiger partial charge in [-0.25, -0.2) is 0 Å². The van der Waals surface area contributed by atoms with Crippen LogP contribution in [-0.4, -0.2) is 12.5 Å². The molecule has 0 unspecified atom stereocenters. The number of halogens is 1. The fraction of sp³-hybridized carbons (Fsp3) is 0.350. The topological polar surface area (TPSA) is 38.3 Å². The van der Waals surface area contributed by atoms with Crippen LogP contribution in [0.25, 0.3) is 0 Å². The molecule has 4 heteroatoms. The van der Waals surface area contributed by atoms with E-state index in [0.29, 0.717) is 16.3 Å². The fourth-order valence-corrected chi connectivity index (χ4v) is 2.56. The predicted molar refractivity (Wildman–Crippen MR) is 100 cm³/mol. The maximum Gasteiger partial charge on any atom is 0.255 e. The normalized spacial score (nSPS) is 10.4. The molecule has 0 fully saturated rings. The number of carbonyl (C=O) groups excluding carboxylic acids is 1. The Morgan fingerprint density at radius 3 is 2.50 bits per heavy atom. The first-order valence-electron chi connectivity index (χ1n) is 8.49. The van der Waals surface area contributed by atoms with Gasteiger partial charge in [-0.05, 0) is 48.9 Å². The Labute approximate surface area is 149 Å². The molecule has 0 spiro atoms. The second kappa shape index (κ2) is 9.99. The van der Waals surface area contributed by atoms with Gasteiger partial charge in [0.1, 0.15) is 5.75 Å². The van der Waals surface area contributed by atoms with Crippen molar-refractivity contribution in [3.63, 3.8) is 0 Å². The molecule has 2 rings (SSSR count). The highest BCUT2D eigenvalue weighted by Gasteiger charge is 2.06. The molecule has 0 radical (unpaired) electrons. The van der Waals surface area contributed by atoms with E-state index in [4.69, 9.17) is 16.3 Å². The van der Waals surface area contributed by atoms with Crippen molar-refractivity contribution in [1.82, 2.24) is 0 Å². The quantitative estimate of drug-likeness (QED) is 0.571. The minimum Gasteiger partial charge on any atom is -0.494 e. The van der Waals surface area contributed by atoms with Crippen LogP contribution in [0.3, 0.4) is 0 Å². The summed E-state index contributed by atoms with van der Waals surface area (Å²) in [7, 11) is 0. The van der Waals surface area contributed by atoms with Crippen LogP contribution >= 0.6 is 11.6 Å². The van der Waals surface area contributed by atoms with E-state index >= 15 is 0 Å². The zero-order valence-corrected chi connectivity index (χ0v) is 14.8. The Kier molecular flexibility index (Phi) is 7.63. The summed E-state index contributed by atoms with van der Waals surface area (Å²) in [6.45, 7) is 2.93. The molecule has 1 amide bonds. The van der Waals surface area contributed by atoms with Crippen LogP contribution in [0.4, 0.5) is 5.69 Å². The molecule has 0 aliphatic carbocycles. The predicted octanol–water partition coefficient (Wildman–Crippen LogP) is 5.94. The second-order valence-corrected chi connectivity index (χ2v) is 6.19. The first-order chi connectivity index (χ1) is 11.7. The van der Waals surface area contributed by atoms with Crippen molar-refractivity contribution in [1.29, 1.82) is 0 Å². The first-order valence-corrected chi connectivity index (χ1v) is 8.86. The van der Waals surface area contributed by atoms with Crippen LogP contribution in [0.15, 0.2) is 48.5 Å². The molecule has 0 saturated heterocycles. The molecule has 24 heavy (non-hydrogen) atoms. The van der Waals surface area contributed by atoms with Gasteiger partial charge in [-0.1, -0.05) is 50.3 Å². The SMILES string of the molecule is CCCCCCCOc1ccc(C(=O)Nc2cccc(Cl)c2)cc1. The summed E-state index contributed by atoms with van der Waals surface area (Å²) >= 11 is 5.92. The smallest absolute Gasteiger partial charge is 0.255 e. The van der Waals surface area contributed by atoms with Gasteiger partial charge in [-0.2, -0.15) is 0 Å². The fourth-order valence-electron chi connectivity index (χ4n) is 2.37. The largest absolute Gasteiger partial charge is 0.494 e. The summed E-state index contributed by atoms with van der Waals surface area (Å²) in [6, 6.07) is 14.3. The van der Waals surface area contributed by atoms with E-state index in [2.05, 4.69) is 12.2 Å². The third kappa shape index (κ3) is 6.25. The zero-order valence-electron chi connectivity index (χ0n) is 14.1. The summed E-state index contributed by atoms with van der Waals surface area (Å²) in [5.41, 5.74) is 1.27. The van der Waals surface area contributed by atoms with Gasteiger partial charge in [0.25, 0.3) is 5.91 Å². The lowest BCUT2D eigenvalue weighted by molar-refractivity contribution is 0.102. The van der Waals surface area contributed by atoms with Gasteiger partial charge in [-0.3, -0.25) is 4.79 Å². The number of hydrogen-bond donors (Lipinski definition) is 1. The summed E-state index contributed by atoms with van der Waals surface area (Å²) in [5.74, 6) is 0.633. The monoisotopic (exact) mass is 345 g/mol. The third-order valence-corrected chi connectivity index (χ3v) is 3.95. The summed E-state index contributed by atoms with van der Waals surface area (Å²) in [5, 5.41) is 3.42. The van der Waals surface area contributed by atoms with Crippen molar-refractivity contribution in [2.75, 3.05) is 11.9 Å². The van der Waals surface area contributed by atoms with E-state index in [1.807, 2.05) is 12.1 Å². The molecule has 1 N–H and O–H groups in total. The highest BCUT2D eigenvalue weighted by molar-refractivity contribution is 6.30. The van der Waals surface area contributed by atoms with Crippen molar-refractivity contribution in [2.24, 2.45) is 0 Å². The van der Waals surface area contributed by atoms with Crippen molar-refractivity contribution in [3.05, 3.63) is 59.1 Å². The number of anilines is 1. The highest BCUT2D eigenvalue weighted by Crippen LogP contribution is 2.17. The highest BCUT2D eigenvalue weighted by atomic mass is 35.5. The van der Waals surface area contributed by atoms with Gasteiger partial charge in [0.05, 0.1) is 6.61 Å². The Morgan fingerprint density at radius 1 is 1.04 bits per heavy atom. The van der Waals surface area contributed by atoms with Gasteiger partial charge in [-0.15, -0.1) is 0 Å². The molecule has 0 bridgehead atoms. The molecule has 0 saturated carbocycles. The van der Waals surface area contributed by atoms with Gasteiger partial charge in [0, 0.05) is 16.3 Å². The molecule has 0 aliphatic rings. The van der Waals surface area contributed by atoms with E-state index < -0.39 is 0 Å². The maximum absolute atomic E-state index is 12.2. The first kappa shape index (κ1) is 18.3. The van der Waals surface area contributed by atoms with Gasteiger partial charge in [0.15, 0.2) is 0 Å². The lowest BCUT2D eigenvalue weighted by atomic mass is 10.1. The molecule has 2 aromatic rings. The van der Waals surface area contributed by atoms with Gasteiger partial charge in [0.2, 0.25) is 0 Å². The molecule has 3 nitrogen and oxygen atoms in total. The minimum atomic E-state index is -0.164. The number of hydrogen-bond acceptors (Lipinski definition) is 2. The zero-order chi connectivity index (χ0) is 17.2. The maximum atomic E-state index is 12.2. The van der Waals surface area contributed by atoms with Crippen molar-refractivity contribution in [3.8, 4) is 5.75 Å².